The van der Waals surface area contributed by atoms with Crippen molar-refractivity contribution in [1.82, 2.24) is 9.97 Å². The molecule has 23 heavy (non-hydrogen) atoms. The van der Waals surface area contributed by atoms with Crippen LogP contribution < -0.4 is 4.74 Å². The molecule has 0 atom stereocenters. The van der Waals surface area contributed by atoms with Gasteiger partial charge in [-0.05, 0) is 37.3 Å². The summed E-state index contributed by atoms with van der Waals surface area (Å²) in [6, 6.07) is 16.6. The van der Waals surface area contributed by atoms with E-state index in [4.69, 9.17) is 4.74 Å². The van der Waals surface area contributed by atoms with Crippen LogP contribution in [0, 0.1) is 6.92 Å². The third kappa shape index (κ3) is 2.34. The molecule has 112 valence electrons. The van der Waals surface area contributed by atoms with Crippen molar-refractivity contribution >= 4 is 27.8 Å². The average Bonchev–Trinajstić information content (AvgIpc) is 2.95. The molecule has 0 unspecified atom stereocenters. The molecule has 4 aromatic rings. The summed E-state index contributed by atoms with van der Waals surface area (Å²) < 4.78 is 5.46. The summed E-state index contributed by atoms with van der Waals surface area (Å²) in [6.45, 7) is 1.97. The van der Waals surface area contributed by atoms with E-state index in [1.165, 1.54) is 0 Å². The molecule has 0 spiro atoms. The highest BCUT2D eigenvalue weighted by molar-refractivity contribution is 6.08. The van der Waals surface area contributed by atoms with Gasteiger partial charge in [0.2, 0.25) is 0 Å². The first kappa shape index (κ1) is 13.5. The van der Waals surface area contributed by atoms with Gasteiger partial charge >= 0.3 is 5.97 Å². The second-order valence-electron chi connectivity index (χ2n) is 5.41. The number of esters is 1. The van der Waals surface area contributed by atoms with Crippen LogP contribution in [0.15, 0.2) is 60.8 Å². The van der Waals surface area contributed by atoms with Crippen LogP contribution in [0.2, 0.25) is 0 Å². The average molecular weight is 302 g/mol. The van der Waals surface area contributed by atoms with Crippen molar-refractivity contribution in [3.8, 4) is 5.75 Å². The molecular formula is C19H14N2O2. The van der Waals surface area contributed by atoms with Crippen molar-refractivity contribution in [3.05, 3.63) is 72.1 Å². The van der Waals surface area contributed by atoms with Crippen molar-refractivity contribution in [2.45, 2.75) is 6.92 Å². The molecule has 0 amide bonds. The molecule has 0 aliphatic rings. The Morgan fingerprint density at radius 3 is 2.70 bits per heavy atom. The van der Waals surface area contributed by atoms with Gasteiger partial charge in [0.1, 0.15) is 5.75 Å². The SMILES string of the molecule is Cc1nccc2c1[nH]c1cc(OC(=O)c3ccccc3)ccc12. The summed E-state index contributed by atoms with van der Waals surface area (Å²) in [6.07, 6.45) is 1.80. The Kier molecular flexibility index (Phi) is 3.08. The summed E-state index contributed by atoms with van der Waals surface area (Å²) in [4.78, 5) is 19.8. The zero-order valence-electron chi connectivity index (χ0n) is 12.5. The lowest BCUT2D eigenvalue weighted by Crippen LogP contribution is -2.07. The molecule has 0 bridgehead atoms. The fourth-order valence-electron chi connectivity index (χ4n) is 2.75. The minimum atomic E-state index is -0.362. The number of aryl methyl sites for hydroxylation is 1. The minimum absolute atomic E-state index is 0.362. The van der Waals surface area contributed by atoms with Gasteiger partial charge in [-0.2, -0.15) is 0 Å². The van der Waals surface area contributed by atoms with Crippen LogP contribution in [0.3, 0.4) is 0 Å². The van der Waals surface area contributed by atoms with Crippen molar-refractivity contribution in [2.24, 2.45) is 0 Å². The zero-order chi connectivity index (χ0) is 15.8. The maximum absolute atomic E-state index is 12.1. The summed E-state index contributed by atoms with van der Waals surface area (Å²) >= 11 is 0. The molecule has 4 heteroatoms. The van der Waals surface area contributed by atoms with Crippen molar-refractivity contribution in [1.29, 1.82) is 0 Å². The highest BCUT2D eigenvalue weighted by atomic mass is 16.5. The summed E-state index contributed by atoms with van der Waals surface area (Å²) in [7, 11) is 0. The first-order valence-corrected chi connectivity index (χ1v) is 7.36. The number of carbonyl (C=O) groups is 1. The monoisotopic (exact) mass is 302 g/mol. The van der Waals surface area contributed by atoms with Crippen LogP contribution in [0.4, 0.5) is 0 Å². The molecule has 4 rings (SSSR count). The first-order valence-electron chi connectivity index (χ1n) is 7.36. The summed E-state index contributed by atoms with van der Waals surface area (Å²) in [5, 5.41) is 2.21. The van der Waals surface area contributed by atoms with Gasteiger partial charge in [0.15, 0.2) is 0 Å². The van der Waals surface area contributed by atoms with E-state index in [2.05, 4.69) is 9.97 Å². The Balaban J connectivity index is 1.73. The van der Waals surface area contributed by atoms with E-state index in [9.17, 15) is 4.79 Å². The number of aromatic nitrogens is 2. The van der Waals surface area contributed by atoms with E-state index in [1.807, 2.05) is 49.4 Å². The highest BCUT2D eigenvalue weighted by Gasteiger charge is 2.11. The molecule has 2 heterocycles. The Morgan fingerprint density at radius 1 is 1.04 bits per heavy atom. The molecule has 0 aliphatic heterocycles. The van der Waals surface area contributed by atoms with Crippen molar-refractivity contribution < 1.29 is 9.53 Å². The fourth-order valence-corrected chi connectivity index (χ4v) is 2.75. The van der Waals surface area contributed by atoms with Crippen molar-refractivity contribution in [3.63, 3.8) is 0 Å². The fraction of sp³-hybridized carbons (Fsp3) is 0.0526. The molecule has 2 aromatic carbocycles. The van der Waals surface area contributed by atoms with Gasteiger partial charge in [-0.3, -0.25) is 4.98 Å². The molecule has 0 saturated carbocycles. The number of carbonyl (C=O) groups excluding carboxylic acids is 1. The van der Waals surface area contributed by atoms with Crippen LogP contribution in [0.25, 0.3) is 21.8 Å². The number of H-pyrrole nitrogens is 1. The lowest BCUT2D eigenvalue weighted by atomic mass is 10.1. The molecule has 0 aliphatic carbocycles. The third-order valence-corrected chi connectivity index (χ3v) is 3.90. The van der Waals surface area contributed by atoms with E-state index < -0.39 is 0 Å². The minimum Gasteiger partial charge on any atom is -0.423 e. The maximum atomic E-state index is 12.1. The van der Waals surface area contributed by atoms with Crippen LogP contribution in [0.1, 0.15) is 16.1 Å². The number of benzene rings is 2. The third-order valence-electron chi connectivity index (χ3n) is 3.90. The second kappa shape index (κ2) is 5.25. The maximum Gasteiger partial charge on any atom is 0.343 e. The number of fused-ring (bicyclic) bond motifs is 3. The summed E-state index contributed by atoms with van der Waals surface area (Å²) in [5.41, 5.74) is 3.41. The molecular weight excluding hydrogens is 288 g/mol. The van der Waals surface area contributed by atoms with Crippen LogP contribution in [0.5, 0.6) is 5.75 Å². The standard InChI is InChI=1S/C19H14N2O2/c1-12-18-16(9-10-20-12)15-8-7-14(11-17(15)21-18)23-19(22)13-5-3-2-4-6-13/h2-11,21H,1H3. The quantitative estimate of drug-likeness (QED) is 0.445. The van der Waals surface area contributed by atoms with Gasteiger partial charge in [0.25, 0.3) is 0 Å². The Hall–Kier alpha value is -3.14. The molecule has 0 saturated heterocycles. The predicted molar refractivity (Wildman–Crippen MR) is 89.7 cm³/mol. The Morgan fingerprint density at radius 2 is 1.87 bits per heavy atom. The van der Waals surface area contributed by atoms with E-state index in [0.29, 0.717) is 11.3 Å². The topological polar surface area (TPSA) is 55.0 Å². The number of hydrogen-bond donors (Lipinski definition) is 1. The number of aromatic amines is 1. The van der Waals surface area contributed by atoms with E-state index in [1.54, 1.807) is 18.3 Å². The lowest BCUT2D eigenvalue weighted by Gasteiger charge is -2.04. The number of rotatable bonds is 2. The van der Waals surface area contributed by atoms with Crippen LogP contribution in [-0.4, -0.2) is 15.9 Å². The molecule has 2 aromatic heterocycles. The number of nitrogens with zero attached hydrogens (tertiary/aromatic N) is 1. The van der Waals surface area contributed by atoms with Gasteiger partial charge in [-0.15, -0.1) is 0 Å². The van der Waals surface area contributed by atoms with Gasteiger partial charge in [-0.1, -0.05) is 18.2 Å². The molecule has 0 radical (unpaired) electrons. The van der Waals surface area contributed by atoms with E-state index >= 15 is 0 Å². The Bertz CT molecular complexity index is 1020. The number of ether oxygens (including phenoxy) is 1. The first-order chi connectivity index (χ1) is 11.2. The van der Waals surface area contributed by atoms with E-state index in [-0.39, 0.29) is 5.97 Å². The lowest BCUT2D eigenvalue weighted by molar-refractivity contribution is 0.0735. The van der Waals surface area contributed by atoms with Crippen molar-refractivity contribution in [2.75, 3.05) is 0 Å². The molecule has 4 nitrogen and oxygen atoms in total. The molecule has 1 N–H and O–H groups in total. The van der Waals surface area contributed by atoms with Crippen LogP contribution in [-0.2, 0) is 0 Å². The summed E-state index contributed by atoms with van der Waals surface area (Å²) in [5.74, 6) is 0.155. The highest BCUT2D eigenvalue weighted by Crippen LogP contribution is 2.29. The van der Waals surface area contributed by atoms with Gasteiger partial charge < -0.3 is 9.72 Å². The van der Waals surface area contributed by atoms with Gasteiger partial charge in [-0.25, -0.2) is 4.79 Å². The normalized spacial score (nSPS) is 11.0. The predicted octanol–water partition coefficient (Wildman–Crippen LogP) is 4.24. The number of pyridine rings is 1. The number of nitrogens with one attached hydrogen (secondary N) is 1. The largest absolute Gasteiger partial charge is 0.423 e. The number of hydrogen-bond acceptors (Lipinski definition) is 3. The smallest absolute Gasteiger partial charge is 0.343 e. The Labute approximate surface area is 132 Å². The molecule has 0 fully saturated rings. The van der Waals surface area contributed by atoms with E-state index in [0.717, 1.165) is 27.5 Å². The zero-order valence-corrected chi connectivity index (χ0v) is 12.5. The second-order valence-corrected chi connectivity index (χ2v) is 5.41. The van der Waals surface area contributed by atoms with Gasteiger partial charge in [0, 0.05) is 23.0 Å². The van der Waals surface area contributed by atoms with Gasteiger partial charge in [0.05, 0.1) is 22.3 Å². The van der Waals surface area contributed by atoms with Crippen LogP contribution >= 0.6 is 0 Å².